The third-order valence-electron chi connectivity index (χ3n) is 3.56. The zero-order chi connectivity index (χ0) is 13.4. The maximum Gasteiger partial charge on any atom is 0.133 e. The standard InChI is InChI=1S/C17H13N3/c1-5-13-6-2-8-15-16(13)14(7-1)17(20-15)19-11-12-4-3-9-18-10-12/h1-10H,11H2,(H,19,20). The molecule has 1 aromatic heterocycles. The van der Waals surface area contributed by atoms with Gasteiger partial charge in [-0.1, -0.05) is 36.4 Å². The molecule has 0 atom stereocenters. The van der Waals surface area contributed by atoms with Crippen LogP contribution in [0.3, 0.4) is 0 Å². The third kappa shape index (κ3) is 1.75. The van der Waals surface area contributed by atoms with E-state index in [1.165, 1.54) is 16.3 Å². The number of benzene rings is 2. The molecule has 0 saturated carbocycles. The van der Waals surface area contributed by atoms with E-state index in [2.05, 4.69) is 46.7 Å². The highest BCUT2D eigenvalue weighted by molar-refractivity contribution is 6.25. The summed E-state index contributed by atoms with van der Waals surface area (Å²) < 4.78 is 0. The first-order chi connectivity index (χ1) is 9.92. The Bertz CT molecular complexity index is 802. The van der Waals surface area contributed by atoms with Gasteiger partial charge < -0.3 is 5.32 Å². The van der Waals surface area contributed by atoms with Crippen molar-refractivity contribution < 1.29 is 0 Å². The predicted molar refractivity (Wildman–Crippen MR) is 82.0 cm³/mol. The SMILES string of the molecule is c1cncc(CN=C2Nc3cccc4cccc2c34)c1. The number of rotatable bonds is 2. The normalized spacial score (nSPS) is 14.7. The van der Waals surface area contributed by atoms with Crippen LogP contribution >= 0.6 is 0 Å². The first-order valence-electron chi connectivity index (χ1n) is 6.64. The summed E-state index contributed by atoms with van der Waals surface area (Å²) in [7, 11) is 0. The third-order valence-corrected chi connectivity index (χ3v) is 3.56. The Morgan fingerprint density at radius 3 is 2.75 bits per heavy atom. The number of pyridine rings is 1. The van der Waals surface area contributed by atoms with E-state index < -0.39 is 0 Å². The number of nitrogens with one attached hydrogen (secondary N) is 1. The van der Waals surface area contributed by atoms with Gasteiger partial charge in [0.05, 0.1) is 6.54 Å². The fourth-order valence-corrected chi connectivity index (χ4v) is 2.62. The number of hydrogen-bond donors (Lipinski definition) is 1. The second-order valence-corrected chi connectivity index (χ2v) is 4.86. The molecular weight excluding hydrogens is 246 g/mol. The van der Waals surface area contributed by atoms with Crippen molar-refractivity contribution in [3.63, 3.8) is 0 Å². The van der Waals surface area contributed by atoms with Crippen molar-refractivity contribution in [2.45, 2.75) is 6.54 Å². The monoisotopic (exact) mass is 259 g/mol. The maximum atomic E-state index is 4.70. The zero-order valence-electron chi connectivity index (χ0n) is 10.9. The Labute approximate surface area is 117 Å². The Kier molecular flexibility index (Phi) is 2.49. The molecule has 0 unspecified atom stereocenters. The number of anilines is 1. The van der Waals surface area contributed by atoms with Crippen LogP contribution in [0.2, 0.25) is 0 Å². The van der Waals surface area contributed by atoms with E-state index in [4.69, 9.17) is 4.99 Å². The number of aliphatic imine (C=N–C) groups is 1. The van der Waals surface area contributed by atoms with Crippen LogP contribution in [-0.4, -0.2) is 10.8 Å². The summed E-state index contributed by atoms with van der Waals surface area (Å²) in [6.07, 6.45) is 3.63. The minimum Gasteiger partial charge on any atom is -0.339 e. The van der Waals surface area contributed by atoms with Gasteiger partial charge in [-0.2, -0.15) is 0 Å². The minimum absolute atomic E-state index is 0.639. The number of amidine groups is 1. The molecule has 3 aromatic rings. The molecule has 96 valence electrons. The van der Waals surface area contributed by atoms with Crippen LogP contribution in [0.1, 0.15) is 11.1 Å². The summed E-state index contributed by atoms with van der Waals surface area (Å²) >= 11 is 0. The van der Waals surface area contributed by atoms with Gasteiger partial charge in [0.15, 0.2) is 0 Å². The molecule has 1 aliphatic rings. The Morgan fingerprint density at radius 2 is 1.90 bits per heavy atom. The van der Waals surface area contributed by atoms with Gasteiger partial charge in [0.25, 0.3) is 0 Å². The lowest BCUT2D eigenvalue weighted by Gasteiger charge is -2.01. The van der Waals surface area contributed by atoms with E-state index in [-0.39, 0.29) is 0 Å². The van der Waals surface area contributed by atoms with Crippen molar-refractivity contribution >= 4 is 22.3 Å². The van der Waals surface area contributed by atoms with Gasteiger partial charge in [-0.05, 0) is 23.1 Å². The molecule has 20 heavy (non-hydrogen) atoms. The van der Waals surface area contributed by atoms with E-state index >= 15 is 0 Å². The van der Waals surface area contributed by atoms with Gasteiger partial charge in [0.2, 0.25) is 0 Å². The van der Waals surface area contributed by atoms with Crippen molar-refractivity contribution in [2.75, 3.05) is 5.32 Å². The van der Waals surface area contributed by atoms with Gasteiger partial charge in [-0.15, -0.1) is 0 Å². The average Bonchev–Trinajstić information content (AvgIpc) is 2.87. The molecule has 2 aromatic carbocycles. The van der Waals surface area contributed by atoms with E-state index in [0.29, 0.717) is 6.54 Å². The molecule has 3 nitrogen and oxygen atoms in total. The summed E-state index contributed by atoms with van der Waals surface area (Å²) in [5.41, 5.74) is 3.44. The van der Waals surface area contributed by atoms with Crippen LogP contribution < -0.4 is 5.32 Å². The van der Waals surface area contributed by atoms with Crippen molar-refractivity contribution in [3.05, 3.63) is 72.1 Å². The molecule has 0 amide bonds. The lowest BCUT2D eigenvalue weighted by atomic mass is 10.1. The molecule has 2 heterocycles. The maximum absolute atomic E-state index is 4.70. The van der Waals surface area contributed by atoms with Crippen molar-refractivity contribution in [2.24, 2.45) is 4.99 Å². The molecular formula is C17H13N3. The molecule has 0 fully saturated rings. The van der Waals surface area contributed by atoms with Crippen LogP contribution in [0, 0.1) is 0 Å². The highest BCUT2D eigenvalue weighted by Crippen LogP contribution is 2.33. The summed E-state index contributed by atoms with van der Waals surface area (Å²) in [5, 5.41) is 5.92. The largest absolute Gasteiger partial charge is 0.339 e. The fraction of sp³-hybridized carbons (Fsp3) is 0.0588. The van der Waals surface area contributed by atoms with E-state index in [1.54, 1.807) is 6.20 Å². The first-order valence-corrected chi connectivity index (χ1v) is 6.64. The fourth-order valence-electron chi connectivity index (χ4n) is 2.62. The summed E-state index contributed by atoms with van der Waals surface area (Å²) in [5.74, 6) is 0.945. The summed E-state index contributed by atoms with van der Waals surface area (Å²) in [4.78, 5) is 8.82. The van der Waals surface area contributed by atoms with Crippen LogP contribution in [0.15, 0.2) is 65.9 Å². The van der Waals surface area contributed by atoms with Crippen LogP contribution in [-0.2, 0) is 6.54 Å². The smallest absolute Gasteiger partial charge is 0.133 e. The summed E-state index contributed by atoms with van der Waals surface area (Å²) in [6, 6.07) is 16.6. The molecule has 3 heteroatoms. The van der Waals surface area contributed by atoms with Crippen LogP contribution in [0.25, 0.3) is 10.8 Å². The number of aromatic nitrogens is 1. The molecule has 0 saturated heterocycles. The topological polar surface area (TPSA) is 37.3 Å². The molecule has 0 bridgehead atoms. The quantitative estimate of drug-likeness (QED) is 0.763. The van der Waals surface area contributed by atoms with Gasteiger partial charge >= 0.3 is 0 Å². The Morgan fingerprint density at radius 1 is 1.00 bits per heavy atom. The van der Waals surface area contributed by atoms with Crippen molar-refractivity contribution in [1.82, 2.24) is 4.98 Å². The average molecular weight is 259 g/mol. The Balaban J connectivity index is 1.75. The van der Waals surface area contributed by atoms with E-state index in [0.717, 1.165) is 17.1 Å². The first kappa shape index (κ1) is 11.2. The van der Waals surface area contributed by atoms with E-state index in [9.17, 15) is 0 Å². The number of hydrogen-bond acceptors (Lipinski definition) is 2. The highest BCUT2D eigenvalue weighted by Gasteiger charge is 2.18. The van der Waals surface area contributed by atoms with Crippen molar-refractivity contribution in [1.29, 1.82) is 0 Å². The highest BCUT2D eigenvalue weighted by atomic mass is 15.0. The lowest BCUT2D eigenvalue weighted by Crippen LogP contribution is -2.07. The van der Waals surface area contributed by atoms with Gasteiger partial charge in [0, 0.05) is 29.0 Å². The number of nitrogens with zero attached hydrogens (tertiary/aromatic N) is 2. The molecule has 4 rings (SSSR count). The second kappa shape index (κ2) is 4.46. The molecule has 1 aliphatic heterocycles. The zero-order valence-corrected chi connectivity index (χ0v) is 10.9. The van der Waals surface area contributed by atoms with Crippen molar-refractivity contribution in [3.8, 4) is 0 Å². The van der Waals surface area contributed by atoms with Crippen LogP contribution in [0.4, 0.5) is 5.69 Å². The lowest BCUT2D eigenvalue weighted by molar-refractivity contribution is 1.05. The molecule has 0 spiro atoms. The van der Waals surface area contributed by atoms with Crippen LogP contribution in [0.5, 0.6) is 0 Å². The second-order valence-electron chi connectivity index (χ2n) is 4.86. The molecule has 1 N–H and O–H groups in total. The Hall–Kier alpha value is -2.68. The summed E-state index contributed by atoms with van der Waals surface area (Å²) in [6.45, 7) is 0.639. The molecule has 0 aliphatic carbocycles. The van der Waals surface area contributed by atoms with Gasteiger partial charge in [-0.25, -0.2) is 0 Å². The predicted octanol–water partition coefficient (Wildman–Crippen LogP) is 3.61. The molecule has 0 radical (unpaired) electrons. The van der Waals surface area contributed by atoms with Gasteiger partial charge in [0.1, 0.15) is 5.84 Å². The minimum atomic E-state index is 0.639. The van der Waals surface area contributed by atoms with Gasteiger partial charge in [-0.3, -0.25) is 9.98 Å². The van der Waals surface area contributed by atoms with E-state index in [1.807, 2.05) is 18.3 Å².